The number of rotatable bonds is 6. The summed E-state index contributed by atoms with van der Waals surface area (Å²) in [6, 6.07) is 9.06. The number of carbonyl (C=O) groups excluding carboxylic acids is 1. The van der Waals surface area contributed by atoms with E-state index in [4.69, 9.17) is 18.9 Å². The molecule has 10 atom stereocenters. The van der Waals surface area contributed by atoms with Gasteiger partial charge in [-0.1, -0.05) is 30.3 Å². The monoisotopic (exact) mass is 494 g/mol. The topological polar surface area (TPSA) is 175 Å². The highest BCUT2D eigenvalue weighted by Crippen LogP contribution is 2.51. The van der Waals surface area contributed by atoms with Crippen LogP contribution in [0.3, 0.4) is 0 Å². The summed E-state index contributed by atoms with van der Waals surface area (Å²) in [5, 5.41) is 61.7. The molecule has 2 heterocycles. The van der Waals surface area contributed by atoms with Gasteiger partial charge in [0.2, 0.25) is 6.29 Å². The quantitative estimate of drug-likeness (QED) is 0.207. The van der Waals surface area contributed by atoms with Crippen molar-refractivity contribution in [1.82, 2.24) is 0 Å². The number of ether oxygens (including phenoxy) is 4. The molecule has 1 saturated heterocycles. The highest BCUT2D eigenvalue weighted by Gasteiger charge is 2.66. The third kappa shape index (κ3) is 4.86. The van der Waals surface area contributed by atoms with Crippen LogP contribution >= 0.6 is 0 Å². The zero-order valence-electron chi connectivity index (χ0n) is 19.0. The maximum atomic E-state index is 12.6. The summed E-state index contributed by atoms with van der Waals surface area (Å²) >= 11 is 0. The molecule has 4 rings (SSSR count). The first-order chi connectivity index (χ1) is 16.6. The number of fused-ring (bicyclic) bond motifs is 1. The van der Waals surface area contributed by atoms with Crippen molar-refractivity contribution in [3.05, 3.63) is 54.3 Å². The average Bonchev–Trinajstić information content (AvgIpc) is 3.03. The van der Waals surface area contributed by atoms with Crippen molar-refractivity contribution in [3.63, 3.8) is 0 Å². The van der Waals surface area contributed by atoms with Gasteiger partial charge in [0.05, 0.1) is 24.9 Å². The second-order valence-corrected chi connectivity index (χ2v) is 9.20. The third-order valence-corrected chi connectivity index (χ3v) is 6.77. The molecule has 35 heavy (non-hydrogen) atoms. The lowest BCUT2D eigenvalue weighted by atomic mass is 9.81. The number of carbonyl (C=O) groups is 1. The Balaban J connectivity index is 1.55. The van der Waals surface area contributed by atoms with Crippen LogP contribution in [-0.2, 0) is 23.7 Å². The minimum absolute atomic E-state index is 0.151. The van der Waals surface area contributed by atoms with Gasteiger partial charge in [-0.05, 0) is 24.6 Å². The standard InChI is InChI=1S/C24H30O11/c1-23(35-16(27)8-7-13-5-3-2-4-6-13)11-15(26)24(31)9-10-32-22(20(23)24)34-21-19(30)18(29)17(28)14(12-25)33-21/h2-10,14-15,17-22,25-26,28-31H,11-12H2,1H3/b8-7+/t14-,15+,17+,18+,19+,20+,21+,22-,23+,24-/m0/s1. The first-order valence-electron chi connectivity index (χ1n) is 11.2. The summed E-state index contributed by atoms with van der Waals surface area (Å²) in [6.07, 6.45) is -5.57. The van der Waals surface area contributed by atoms with Crippen LogP contribution in [0.4, 0.5) is 0 Å². The van der Waals surface area contributed by atoms with Gasteiger partial charge in [0, 0.05) is 12.5 Å². The fourth-order valence-corrected chi connectivity index (χ4v) is 4.92. The van der Waals surface area contributed by atoms with Crippen molar-refractivity contribution in [2.24, 2.45) is 5.92 Å². The van der Waals surface area contributed by atoms with Gasteiger partial charge in [0.25, 0.3) is 0 Å². The normalized spacial score (nSPS) is 43.1. The highest BCUT2D eigenvalue weighted by molar-refractivity contribution is 5.87. The first kappa shape index (κ1) is 25.7. The highest BCUT2D eigenvalue weighted by atomic mass is 16.8. The fraction of sp³-hybridized carbons (Fsp3) is 0.542. The van der Waals surface area contributed by atoms with Gasteiger partial charge in [-0.2, -0.15) is 0 Å². The van der Waals surface area contributed by atoms with Crippen LogP contribution in [0.2, 0.25) is 0 Å². The molecular formula is C24H30O11. The molecule has 0 radical (unpaired) electrons. The number of benzene rings is 1. The largest absolute Gasteiger partial charge is 0.472 e. The summed E-state index contributed by atoms with van der Waals surface area (Å²) in [5.41, 5.74) is -2.62. The molecule has 1 saturated carbocycles. The SMILES string of the molecule is C[C@@]1(OC(=O)/C=C/c2ccccc2)C[C@@H](O)[C@@]2(O)C=CO[C@@H](O[C@H]3O[C@@H](CO)[C@@H](O)[C@@H](O)[C@H]3O)[C@@H]21. The number of aliphatic hydroxyl groups is 6. The summed E-state index contributed by atoms with van der Waals surface area (Å²) in [7, 11) is 0. The van der Waals surface area contributed by atoms with Crippen molar-refractivity contribution in [2.75, 3.05) is 6.61 Å². The summed E-state index contributed by atoms with van der Waals surface area (Å²) in [5.74, 6) is -1.90. The van der Waals surface area contributed by atoms with Crippen molar-refractivity contribution >= 4 is 12.0 Å². The van der Waals surface area contributed by atoms with Crippen LogP contribution in [0.5, 0.6) is 0 Å². The van der Waals surface area contributed by atoms with Crippen LogP contribution in [0.1, 0.15) is 18.9 Å². The summed E-state index contributed by atoms with van der Waals surface area (Å²) in [4.78, 5) is 12.6. The predicted octanol–water partition coefficient (Wildman–Crippen LogP) is -1.20. The van der Waals surface area contributed by atoms with E-state index in [1.807, 2.05) is 18.2 Å². The second kappa shape index (κ2) is 9.96. The van der Waals surface area contributed by atoms with E-state index >= 15 is 0 Å². The van der Waals surface area contributed by atoms with Gasteiger partial charge in [-0.15, -0.1) is 0 Å². The molecule has 0 unspecified atom stereocenters. The Morgan fingerprint density at radius 1 is 1.11 bits per heavy atom. The molecule has 6 N–H and O–H groups in total. The molecule has 0 spiro atoms. The Labute approximate surface area is 201 Å². The van der Waals surface area contributed by atoms with E-state index in [9.17, 15) is 35.4 Å². The van der Waals surface area contributed by atoms with Crippen molar-refractivity contribution in [3.8, 4) is 0 Å². The van der Waals surface area contributed by atoms with E-state index in [2.05, 4.69) is 0 Å². The molecule has 192 valence electrons. The van der Waals surface area contributed by atoms with E-state index in [0.717, 1.165) is 11.8 Å². The van der Waals surface area contributed by atoms with Crippen molar-refractivity contribution in [1.29, 1.82) is 0 Å². The minimum Gasteiger partial charge on any atom is -0.472 e. The zero-order chi connectivity index (χ0) is 25.4. The second-order valence-electron chi connectivity index (χ2n) is 9.20. The van der Waals surface area contributed by atoms with E-state index in [-0.39, 0.29) is 6.42 Å². The van der Waals surface area contributed by atoms with Crippen LogP contribution < -0.4 is 0 Å². The fourth-order valence-electron chi connectivity index (χ4n) is 4.92. The number of aliphatic hydroxyl groups excluding tert-OH is 5. The lowest BCUT2D eigenvalue weighted by Crippen LogP contribution is -2.62. The summed E-state index contributed by atoms with van der Waals surface area (Å²) < 4.78 is 22.3. The zero-order valence-corrected chi connectivity index (χ0v) is 19.0. The molecule has 11 heteroatoms. The molecule has 1 aromatic rings. The lowest BCUT2D eigenvalue weighted by Gasteiger charge is -2.45. The summed E-state index contributed by atoms with van der Waals surface area (Å²) in [6.45, 7) is 0.852. The molecule has 2 aliphatic heterocycles. The van der Waals surface area contributed by atoms with Crippen LogP contribution in [0.25, 0.3) is 6.08 Å². The van der Waals surface area contributed by atoms with Gasteiger partial charge in [0.15, 0.2) is 6.29 Å². The Bertz CT molecular complexity index is 950. The number of esters is 1. The van der Waals surface area contributed by atoms with Crippen LogP contribution in [-0.4, -0.2) is 97.5 Å². The molecule has 2 fully saturated rings. The first-order valence-corrected chi connectivity index (χ1v) is 11.2. The Morgan fingerprint density at radius 2 is 1.83 bits per heavy atom. The molecular weight excluding hydrogens is 464 g/mol. The third-order valence-electron chi connectivity index (χ3n) is 6.77. The van der Waals surface area contributed by atoms with Gasteiger partial charge >= 0.3 is 5.97 Å². The van der Waals surface area contributed by atoms with Crippen molar-refractivity contribution in [2.45, 2.75) is 67.6 Å². The predicted molar refractivity (Wildman–Crippen MR) is 118 cm³/mol. The van der Waals surface area contributed by atoms with Crippen LogP contribution in [0.15, 0.2) is 48.7 Å². The van der Waals surface area contributed by atoms with Gasteiger partial charge in [-0.3, -0.25) is 0 Å². The van der Waals surface area contributed by atoms with Crippen molar-refractivity contribution < 1.29 is 54.4 Å². The lowest BCUT2D eigenvalue weighted by molar-refractivity contribution is -0.351. The molecule has 1 aliphatic carbocycles. The maximum absolute atomic E-state index is 12.6. The van der Waals surface area contributed by atoms with Gasteiger partial charge in [-0.25, -0.2) is 4.79 Å². The smallest absolute Gasteiger partial charge is 0.331 e. The number of hydrogen-bond acceptors (Lipinski definition) is 11. The molecule has 0 amide bonds. The maximum Gasteiger partial charge on any atom is 0.331 e. The molecule has 3 aliphatic rings. The van der Waals surface area contributed by atoms with E-state index in [1.54, 1.807) is 18.2 Å². The number of hydrogen-bond donors (Lipinski definition) is 6. The molecule has 11 nitrogen and oxygen atoms in total. The van der Waals surface area contributed by atoms with Crippen LogP contribution in [0, 0.1) is 5.92 Å². The van der Waals surface area contributed by atoms with Gasteiger partial charge in [0.1, 0.15) is 35.6 Å². The molecule has 0 aromatic heterocycles. The Morgan fingerprint density at radius 3 is 2.51 bits per heavy atom. The van der Waals surface area contributed by atoms with E-state index in [1.165, 1.54) is 19.1 Å². The van der Waals surface area contributed by atoms with E-state index in [0.29, 0.717) is 0 Å². The molecule has 0 bridgehead atoms. The van der Waals surface area contributed by atoms with Gasteiger partial charge < -0.3 is 49.6 Å². The van der Waals surface area contributed by atoms with E-state index < -0.39 is 72.8 Å². The minimum atomic E-state index is -1.91. The average molecular weight is 494 g/mol. The Kier molecular flexibility index (Phi) is 7.32. The Hall–Kier alpha value is -2.35. The molecule has 1 aromatic carbocycles.